The van der Waals surface area contributed by atoms with Gasteiger partial charge in [-0.15, -0.1) is 0 Å². The van der Waals surface area contributed by atoms with Crippen LogP contribution in [0.5, 0.6) is 0 Å². The maximum atomic E-state index is 11.4. The van der Waals surface area contributed by atoms with Crippen LogP contribution in [0.2, 0.25) is 0 Å². The van der Waals surface area contributed by atoms with Crippen molar-refractivity contribution in [1.29, 1.82) is 0 Å². The van der Waals surface area contributed by atoms with Crippen molar-refractivity contribution in [2.24, 2.45) is 5.92 Å². The maximum absolute atomic E-state index is 11.4. The molecule has 0 spiro atoms. The summed E-state index contributed by atoms with van der Waals surface area (Å²) in [7, 11) is 2.18. The van der Waals surface area contributed by atoms with Crippen molar-refractivity contribution in [3.63, 3.8) is 0 Å². The molecule has 126 valence electrons. The van der Waals surface area contributed by atoms with E-state index < -0.39 is 5.91 Å². The van der Waals surface area contributed by atoms with Gasteiger partial charge in [0.25, 0.3) is 5.91 Å². The maximum Gasteiger partial charge on any atom is 0.276 e. The van der Waals surface area contributed by atoms with Gasteiger partial charge in [-0.3, -0.25) is 19.9 Å². The number of hydroxylamine groups is 1. The Kier molecular flexibility index (Phi) is 5.25. The summed E-state index contributed by atoms with van der Waals surface area (Å²) >= 11 is 0. The second kappa shape index (κ2) is 7.38. The third-order valence-electron chi connectivity index (χ3n) is 4.97. The molecule has 0 bridgehead atoms. The number of hydrogen-bond acceptors (Lipinski definition) is 5. The third kappa shape index (κ3) is 4.07. The van der Waals surface area contributed by atoms with Crippen LogP contribution in [0.3, 0.4) is 0 Å². The van der Waals surface area contributed by atoms with E-state index >= 15 is 0 Å². The summed E-state index contributed by atoms with van der Waals surface area (Å²) in [6.45, 7) is 5.55. The van der Waals surface area contributed by atoms with Gasteiger partial charge in [0, 0.05) is 32.4 Å². The number of nitrogens with zero attached hydrogens (tertiary/aromatic N) is 3. The average Bonchev–Trinajstić information content (AvgIpc) is 2.55. The number of amides is 1. The lowest BCUT2D eigenvalue weighted by Gasteiger charge is -2.36. The molecule has 0 aliphatic carbocycles. The van der Waals surface area contributed by atoms with E-state index in [1.54, 1.807) is 11.7 Å². The Balaban J connectivity index is 1.43. The number of rotatable bonds is 6. The van der Waals surface area contributed by atoms with Crippen molar-refractivity contribution in [1.82, 2.24) is 20.3 Å². The van der Waals surface area contributed by atoms with Gasteiger partial charge in [-0.25, -0.2) is 5.48 Å². The lowest BCUT2D eigenvalue weighted by Crippen LogP contribution is -2.43. The van der Waals surface area contributed by atoms with Crippen molar-refractivity contribution in [3.8, 4) is 0 Å². The van der Waals surface area contributed by atoms with Crippen LogP contribution in [0.25, 0.3) is 0 Å². The first-order valence-electron chi connectivity index (χ1n) is 8.49. The molecule has 0 atom stereocenters. The highest BCUT2D eigenvalue weighted by atomic mass is 16.5. The van der Waals surface area contributed by atoms with Crippen LogP contribution >= 0.6 is 0 Å². The number of pyridine rings is 1. The molecule has 2 N–H and O–H groups in total. The second-order valence-corrected chi connectivity index (χ2v) is 6.88. The Morgan fingerprint density at radius 3 is 3.00 bits per heavy atom. The van der Waals surface area contributed by atoms with Crippen LogP contribution < -0.4 is 5.48 Å². The minimum atomic E-state index is -0.496. The molecular formula is C17H26N4O2. The lowest BCUT2D eigenvalue weighted by molar-refractivity contribution is 0.0705. The fraction of sp³-hybridized carbons (Fsp3) is 0.647. The first kappa shape index (κ1) is 16.4. The van der Waals surface area contributed by atoms with Crippen LogP contribution in [0, 0.1) is 5.92 Å². The number of carbonyl (C=O) groups excluding carboxylic acids is 1. The Hall–Kier alpha value is -1.50. The number of fused-ring (bicyclic) bond motifs is 1. The van der Waals surface area contributed by atoms with Crippen molar-refractivity contribution in [3.05, 3.63) is 29.1 Å². The summed E-state index contributed by atoms with van der Waals surface area (Å²) in [4.78, 5) is 20.7. The molecule has 1 saturated heterocycles. The number of carbonyl (C=O) groups is 1. The highest BCUT2D eigenvalue weighted by molar-refractivity contribution is 5.93. The highest BCUT2D eigenvalue weighted by Crippen LogP contribution is 2.21. The smallest absolute Gasteiger partial charge is 0.276 e. The van der Waals surface area contributed by atoms with Gasteiger partial charge >= 0.3 is 0 Å². The molecule has 0 radical (unpaired) electrons. The van der Waals surface area contributed by atoms with E-state index in [2.05, 4.69) is 21.8 Å². The summed E-state index contributed by atoms with van der Waals surface area (Å²) in [5.74, 6) is 0.421. The Morgan fingerprint density at radius 2 is 2.26 bits per heavy atom. The standard InChI is InChI=1S/C17H26N4O2/c1-20-10-13(11-20)4-2-3-6-21-7-5-14-8-15(17(22)19-23)9-18-16(14)12-21/h8-9,13,23H,2-7,10-12H2,1H3,(H,19,22). The second-order valence-electron chi connectivity index (χ2n) is 6.88. The molecule has 0 unspecified atom stereocenters. The molecular weight excluding hydrogens is 292 g/mol. The van der Waals surface area contributed by atoms with Crippen LogP contribution in [-0.2, 0) is 13.0 Å². The van der Waals surface area contributed by atoms with Crippen molar-refractivity contribution < 1.29 is 10.0 Å². The molecule has 1 fully saturated rings. The molecule has 1 aromatic rings. The predicted octanol–water partition coefficient (Wildman–Crippen LogP) is 1.29. The molecule has 1 amide bonds. The minimum absolute atomic E-state index is 0.421. The zero-order valence-electron chi connectivity index (χ0n) is 13.8. The van der Waals surface area contributed by atoms with E-state index in [1.807, 2.05) is 6.07 Å². The zero-order chi connectivity index (χ0) is 16.2. The van der Waals surface area contributed by atoms with E-state index in [0.29, 0.717) is 5.56 Å². The fourth-order valence-electron chi connectivity index (χ4n) is 3.63. The van der Waals surface area contributed by atoms with Gasteiger partial charge in [0.05, 0.1) is 11.3 Å². The largest absolute Gasteiger partial charge is 0.306 e. The molecule has 6 heteroatoms. The Morgan fingerprint density at radius 1 is 1.43 bits per heavy atom. The molecule has 3 heterocycles. The summed E-state index contributed by atoms with van der Waals surface area (Å²) in [6.07, 6.45) is 6.38. The normalized spacial score (nSPS) is 19.2. The van der Waals surface area contributed by atoms with Gasteiger partial charge < -0.3 is 4.90 Å². The summed E-state index contributed by atoms with van der Waals surface area (Å²) in [6, 6.07) is 1.85. The first-order valence-corrected chi connectivity index (χ1v) is 8.49. The van der Waals surface area contributed by atoms with E-state index in [-0.39, 0.29) is 0 Å². The van der Waals surface area contributed by atoms with Gasteiger partial charge in [0.15, 0.2) is 0 Å². The van der Waals surface area contributed by atoms with Crippen LogP contribution in [0.1, 0.15) is 40.9 Å². The predicted molar refractivity (Wildman–Crippen MR) is 87.3 cm³/mol. The summed E-state index contributed by atoms with van der Waals surface area (Å²) < 4.78 is 0. The lowest BCUT2D eigenvalue weighted by atomic mass is 9.94. The van der Waals surface area contributed by atoms with E-state index in [9.17, 15) is 4.79 Å². The quantitative estimate of drug-likeness (QED) is 0.470. The minimum Gasteiger partial charge on any atom is -0.306 e. The van der Waals surface area contributed by atoms with Crippen molar-refractivity contribution in [2.75, 3.05) is 33.2 Å². The summed E-state index contributed by atoms with van der Waals surface area (Å²) in [5, 5.41) is 8.69. The van der Waals surface area contributed by atoms with Gasteiger partial charge in [-0.2, -0.15) is 0 Å². The topological polar surface area (TPSA) is 68.7 Å². The molecule has 6 nitrogen and oxygen atoms in total. The van der Waals surface area contributed by atoms with Crippen LogP contribution in [0.4, 0.5) is 0 Å². The van der Waals surface area contributed by atoms with Gasteiger partial charge in [-0.1, -0.05) is 6.42 Å². The fourth-order valence-corrected chi connectivity index (χ4v) is 3.63. The molecule has 1 aromatic heterocycles. The number of likely N-dealkylation sites (tertiary alicyclic amines) is 1. The van der Waals surface area contributed by atoms with E-state index in [4.69, 9.17) is 5.21 Å². The highest BCUT2D eigenvalue weighted by Gasteiger charge is 2.22. The zero-order valence-corrected chi connectivity index (χ0v) is 13.8. The average molecular weight is 318 g/mol. The van der Waals surface area contributed by atoms with E-state index in [1.165, 1.54) is 32.4 Å². The SMILES string of the molecule is CN1CC(CCCCN2CCc3cc(C(=O)NO)cnc3C2)C1. The molecule has 3 rings (SSSR count). The molecule has 0 aromatic carbocycles. The van der Waals surface area contributed by atoms with Crippen LogP contribution in [0.15, 0.2) is 12.3 Å². The van der Waals surface area contributed by atoms with E-state index in [0.717, 1.165) is 43.2 Å². The number of hydrogen-bond donors (Lipinski definition) is 2. The number of unbranched alkanes of at least 4 members (excludes halogenated alkanes) is 1. The monoisotopic (exact) mass is 318 g/mol. The molecule has 2 aliphatic rings. The third-order valence-corrected chi connectivity index (χ3v) is 4.97. The number of nitrogens with one attached hydrogen (secondary N) is 1. The van der Waals surface area contributed by atoms with Gasteiger partial charge in [0.2, 0.25) is 0 Å². The number of aromatic nitrogens is 1. The molecule has 2 aliphatic heterocycles. The molecule has 0 saturated carbocycles. The van der Waals surface area contributed by atoms with Gasteiger partial charge in [0.1, 0.15) is 0 Å². The summed E-state index contributed by atoms with van der Waals surface area (Å²) in [5.41, 5.74) is 4.27. The Bertz CT molecular complexity index is 558. The first-order chi connectivity index (χ1) is 11.2. The van der Waals surface area contributed by atoms with Crippen molar-refractivity contribution in [2.45, 2.75) is 32.2 Å². The Labute approximate surface area is 137 Å². The van der Waals surface area contributed by atoms with Crippen LogP contribution in [-0.4, -0.2) is 59.1 Å². The van der Waals surface area contributed by atoms with Crippen molar-refractivity contribution >= 4 is 5.91 Å². The molecule has 23 heavy (non-hydrogen) atoms. The van der Waals surface area contributed by atoms with Gasteiger partial charge in [-0.05, 0) is 50.4 Å².